The quantitative estimate of drug-likeness (QED) is 0.731. The Kier molecular flexibility index (Phi) is 5.67. The van der Waals surface area contributed by atoms with E-state index in [1.807, 2.05) is 61.5 Å². The molecule has 0 spiro atoms. The van der Waals surface area contributed by atoms with E-state index in [2.05, 4.69) is 4.90 Å². The molecular formula is C24H29NO3. The van der Waals surface area contributed by atoms with Crippen LogP contribution in [0.3, 0.4) is 0 Å². The zero-order valence-electron chi connectivity index (χ0n) is 16.6. The monoisotopic (exact) mass is 379 g/mol. The first-order chi connectivity index (χ1) is 13.7. The number of ether oxygens (including phenoxy) is 2. The number of rotatable bonds is 5. The van der Waals surface area contributed by atoms with E-state index in [-0.39, 0.29) is 12.1 Å². The van der Waals surface area contributed by atoms with Crippen LogP contribution in [-0.2, 0) is 14.9 Å². The van der Waals surface area contributed by atoms with Crippen LogP contribution < -0.4 is 4.74 Å². The first-order valence-corrected chi connectivity index (χ1v) is 10.4. The summed E-state index contributed by atoms with van der Waals surface area (Å²) < 4.78 is 11.9. The second-order valence-corrected chi connectivity index (χ2v) is 7.94. The number of para-hydroxylation sites is 1. The molecule has 0 N–H and O–H groups in total. The van der Waals surface area contributed by atoms with Gasteiger partial charge in [0, 0.05) is 18.5 Å². The van der Waals surface area contributed by atoms with Gasteiger partial charge >= 0.3 is 5.97 Å². The Morgan fingerprint density at radius 1 is 1.07 bits per heavy atom. The molecule has 0 amide bonds. The lowest BCUT2D eigenvalue weighted by molar-refractivity contribution is -0.155. The number of nitrogens with zero attached hydrogens (tertiary/aromatic N) is 1. The van der Waals surface area contributed by atoms with Crippen molar-refractivity contribution in [3.05, 3.63) is 65.7 Å². The van der Waals surface area contributed by atoms with E-state index >= 15 is 0 Å². The minimum absolute atomic E-state index is 0.138. The molecule has 2 heterocycles. The lowest BCUT2D eigenvalue weighted by Crippen LogP contribution is -2.45. The van der Waals surface area contributed by atoms with Gasteiger partial charge in [-0.1, -0.05) is 55.0 Å². The lowest BCUT2D eigenvalue weighted by atomic mass is 9.70. The van der Waals surface area contributed by atoms with Gasteiger partial charge in [-0.25, -0.2) is 0 Å². The summed E-state index contributed by atoms with van der Waals surface area (Å²) in [5, 5.41) is 0. The zero-order valence-corrected chi connectivity index (χ0v) is 16.6. The van der Waals surface area contributed by atoms with Crippen molar-refractivity contribution in [1.29, 1.82) is 0 Å². The molecular weight excluding hydrogens is 350 g/mol. The van der Waals surface area contributed by atoms with Gasteiger partial charge in [0.15, 0.2) is 0 Å². The highest BCUT2D eigenvalue weighted by atomic mass is 16.5. The topological polar surface area (TPSA) is 38.8 Å². The van der Waals surface area contributed by atoms with Gasteiger partial charge < -0.3 is 9.47 Å². The molecule has 2 aliphatic heterocycles. The average Bonchev–Trinajstić information content (AvgIpc) is 2.74. The van der Waals surface area contributed by atoms with Crippen molar-refractivity contribution in [2.45, 2.75) is 44.1 Å². The molecule has 2 aliphatic rings. The van der Waals surface area contributed by atoms with Crippen molar-refractivity contribution >= 4 is 5.97 Å². The summed E-state index contributed by atoms with van der Waals surface area (Å²) in [5.41, 5.74) is 1.07. The maximum absolute atomic E-state index is 13.6. The van der Waals surface area contributed by atoms with Crippen molar-refractivity contribution in [2.24, 2.45) is 0 Å². The van der Waals surface area contributed by atoms with Crippen LogP contribution in [0.4, 0.5) is 0 Å². The third-order valence-electron chi connectivity index (χ3n) is 5.97. The second kappa shape index (κ2) is 8.36. The standard InChI is InChI=1S/C24H29NO3/c1-19(18-25-15-8-3-9-16-25)28-23(26)24(20-10-4-2-5-11-20)14-17-27-22-13-7-6-12-21(22)24/h2,4-7,10-13,19H,3,8-9,14-18H2,1H3. The Balaban J connectivity index is 1.63. The van der Waals surface area contributed by atoms with Gasteiger partial charge in [0.25, 0.3) is 0 Å². The van der Waals surface area contributed by atoms with Crippen molar-refractivity contribution in [3.8, 4) is 5.75 Å². The number of hydrogen-bond acceptors (Lipinski definition) is 4. The molecule has 2 aromatic rings. The predicted molar refractivity (Wildman–Crippen MR) is 110 cm³/mol. The minimum Gasteiger partial charge on any atom is -0.493 e. The zero-order chi connectivity index (χ0) is 19.4. The van der Waals surface area contributed by atoms with Gasteiger partial charge in [0.1, 0.15) is 17.3 Å². The van der Waals surface area contributed by atoms with E-state index in [0.29, 0.717) is 13.0 Å². The average molecular weight is 380 g/mol. The van der Waals surface area contributed by atoms with E-state index < -0.39 is 5.41 Å². The number of carbonyl (C=O) groups is 1. The van der Waals surface area contributed by atoms with E-state index in [9.17, 15) is 4.79 Å². The largest absolute Gasteiger partial charge is 0.493 e. The molecule has 2 unspecified atom stereocenters. The number of piperidine rings is 1. The first-order valence-electron chi connectivity index (χ1n) is 10.4. The molecule has 1 fully saturated rings. The fraction of sp³-hybridized carbons (Fsp3) is 0.458. The van der Waals surface area contributed by atoms with Gasteiger partial charge in [0.2, 0.25) is 0 Å². The molecule has 148 valence electrons. The van der Waals surface area contributed by atoms with E-state index in [1.165, 1.54) is 19.3 Å². The maximum atomic E-state index is 13.6. The molecule has 0 saturated carbocycles. The molecule has 28 heavy (non-hydrogen) atoms. The first kappa shape index (κ1) is 19.0. The Morgan fingerprint density at radius 3 is 2.57 bits per heavy atom. The minimum atomic E-state index is -0.813. The number of likely N-dealkylation sites (tertiary alicyclic amines) is 1. The summed E-state index contributed by atoms with van der Waals surface area (Å²) in [6.45, 7) is 5.51. The summed E-state index contributed by atoms with van der Waals surface area (Å²) in [5.74, 6) is 0.609. The summed E-state index contributed by atoms with van der Waals surface area (Å²) in [6.07, 6.45) is 4.22. The molecule has 4 nitrogen and oxygen atoms in total. The predicted octanol–water partition coefficient (Wildman–Crippen LogP) is 4.17. The highest BCUT2D eigenvalue weighted by Crippen LogP contribution is 2.44. The van der Waals surface area contributed by atoms with Crippen LogP contribution in [0, 0.1) is 0 Å². The number of esters is 1. The van der Waals surface area contributed by atoms with Crippen LogP contribution in [0.1, 0.15) is 43.7 Å². The molecule has 4 rings (SSSR count). The normalized spacial score (nSPS) is 23.3. The summed E-state index contributed by atoms with van der Waals surface area (Å²) >= 11 is 0. The Bertz CT molecular complexity index is 801. The third kappa shape index (κ3) is 3.66. The Hall–Kier alpha value is -2.33. The van der Waals surface area contributed by atoms with Gasteiger partial charge in [-0.2, -0.15) is 0 Å². The van der Waals surface area contributed by atoms with Crippen LogP contribution in [-0.4, -0.2) is 43.2 Å². The van der Waals surface area contributed by atoms with Crippen LogP contribution >= 0.6 is 0 Å². The van der Waals surface area contributed by atoms with E-state index in [4.69, 9.17) is 9.47 Å². The molecule has 4 heteroatoms. The van der Waals surface area contributed by atoms with E-state index in [1.54, 1.807) is 0 Å². The van der Waals surface area contributed by atoms with Crippen LogP contribution in [0.25, 0.3) is 0 Å². The van der Waals surface area contributed by atoms with Gasteiger partial charge in [-0.3, -0.25) is 9.69 Å². The summed E-state index contributed by atoms with van der Waals surface area (Å²) in [6, 6.07) is 17.9. The molecule has 0 radical (unpaired) electrons. The van der Waals surface area contributed by atoms with Crippen molar-refractivity contribution in [3.63, 3.8) is 0 Å². The SMILES string of the molecule is CC(CN1CCCCC1)OC(=O)C1(c2ccccc2)CCOc2ccccc21. The Morgan fingerprint density at radius 2 is 1.79 bits per heavy atom. The number of fused-ring (bicyclic) bond motifs is 1. The van der Waals surface area contributed by atoms with Crippen molar-refractivity contribution < 1.29 is 14.3 Å². The molecule has 0 aromatic heterocycles. The van der Waals surface area contributed by atoms with Gasteiger partial charge in [-0.15, -0.1) is 0 Å². The molecule has 2 aromatic carbocycles. The summed E-state index contributed by atoms with van der Waals surface area (Å²) in [4.78, 5) is 16.1. The molecule has 1 saturated heterocycles. The maximum Gasteiger partial charge on any atom is 0.321 e. The fourth-order valence-electron chi connectivity index (χ4n) is 4.57. The van der Waals surface area contributed by atoms with Crippen LogP contribution in [0.5, 0.6) is 5.75 Å². The van der Waals surface area contributed by atoms with Crippen LogP contribution in [0.15, 0.2) is 54.6 Å². The van der Waals surface area contributed by atoms with E-state index in [0.717, 1.165) is 36.5 Å². The highest BCUT2D eigenvalue weighted by molar-refractivity contribution is 5.89. The number of hydrogen-bond donors (Lipinski definition) is 0. The number of benzene rings is 2. The van der Waals surface area contributed by atoms with Gasteiger partial charge in [0.05, 0.1) is 6.61 Å². The molecule has 2 atom stereocenters. The van der Waals surface area contributed by atoms with Crippen molar-refractivity contribution in [2.75, 3.05) is 26.2 Å². The summed E-state index contributed by atoms with van der Waals surface area (Å²) in [7, 11) is 0. The highest BCUT2D eigenvalue weighted by Gasteiger charge is 2.47. The molecule has 0 bridgehead atoms. The lowest BCUT2D eigenvalue weighted by Gasteiger charge is -2.38. The second-order valence-electron chi connectivity index (χ2n) is 7.94. The smallest absolute Gasteiger partial charge is 0.321 e. The van der Waals surface area contributed by atoms with Crippen LogP contribution in [0.2, 0.25) is 0 Å². The van der Waals surface area contributed by atoms with Gasteiger partial charge in [-0.05, 0) is 44.5 Å². The third-order valence-corrected chi connectivity index (χ3v) is 5.97. The fourth-order valence-corrected chi connectivity index (χ4v) is 4.57. The Labute approximate surface area is 167 Å². The van der Waals surface area contributed by atoms with Crippen molar-refractivity contribution in [1.82, 2.24) is 4.90 Å². The molecule has 0 aliphatic carbocycles. The number of carbonyl (C=O) groups excluding carboxylic acids is 1.